The fraction of sp³-hybridized carbons (Fsp3) is 0.562. The van der Waals surface area contributed by atoms with E-state index in [4.69, 9.17) is 4.74 Å². The molecule has 2 heterocycles. The first kappa shape index (κ1) is 16.1. The van der Waals surface area contributed by atoms with Gasteiger partial charge in [0.25, 0.3) is 0 Å². The molecule has 1 aromatic carbocycles. The second-order valence-electron chi connectivity index (χ2n) is 5.91. The van der Waals surface area contributed by atoms with Crippen molar-refractivity contribution in [3.8, 4) is 0 Å². The van der Waals surface area contributed by atoms with Gasteiger partial charge in [-0.05, 0) is 37.0 Å². The lowest BCUT2D eigenvalue weighted by Gasteiger charge is -2.20. The second kappa shape index (κ2) is 6.39. The Hall–Kier alpha value is -1.76. The Morgan fingerprint density at radius 1 is 1.39 bits per heavy atom. The molecule has 4 nitrogen and oxygen atoms in total. The molecule has 2 aliphatic rings. The molecule has 0 saturated carbocycles. The summed E-state index contributed by atoms with van der Waals surface area (Å²) < 4.78 is 44.5. The molecule has 1 amide bonds. The number of hydrogen-bond donors (Lipinski definition) is 1. The number of carbonyl (C=O) groups is 1. The summed E-state index contributed by atoms with van der Waals surface area (Å²) in [6.45, 7) is 1.68. The molecule has 0 aliphatic carbocycles. The van der Waals surface area contributed by atoms with Gasteiger partial charge in [0.15, 0.2) is 0 Å². The van der Waals surface area contributed by atoms with Gasteiger partial charge in [0.05, 0.1) is 18.2 Å². The molecule has 0 spiro atoms. The highest BCUT2D eigenvalue weighted by molar-refractivity contribution is 5.82. The fourth-order valence-corrected chi connectivity index (χ4v) is 3.19. The third-order valence-corrected chi connectivity index (χ3v) is 4.31. The zero-order chi connectivity index (χ0) is 16.4. The molecular weight excluding hydrogens is 309 g/mol. The molecule has 7 heteroatoms. The van der Waals surface area contributed by atoms with Gasteiger partial charge in [-0.1, -0.05) is 6.07 Å². The van der Waals surface area contributed by atoms with Crippen LogP contribution in [0, 0.1) is 0 Å². The Morgan fingerprint density at radius 3 is 2.91 bits per heavy atom. The van der Waals surface area contributed by atoms with Crippen molar-refractivity contribution >= 4 is 11.6 Å². The average molecular weight is 328 g/mol. The van der Waals surface area contributed by atoms with Crippen molar-refractivity contribution in [2.75, 3.05) is 31.1 Å². The summed E-state index contributed by atoms with van der Waals surface area (Å²) in [5.41, 5.74) is 0.191. The summed E-state index contributed by atoms with van der Waals surface area (Å²) in [6, 6.07) is 4.13. The SMILES string of the molecule is O=C(CN1CCc2c1cccc2C(F)(F)F)NCC1CCCO1. The number of carbonyl (C=O) groups excluding carboxylic acids is 1. The second-order valence-corrected chi connectivity index (χ2v) is 5.91. The Morgan fingerprint density at radius 2 is 2.22 bits per heavy atom. The van der Waals surface area contributed by atoms with Crippen LogP contribution in [0.15, 0.2) is 18.2 Å². The lowest BCUT2D eigenvalue weighted by atomic mass is 10.0. The van der Waals surface area contributed by atoms with Crippen molar-refractivity contribution in [2.24, 2.45) is 0 Å². The smallest absolute Gasteiger partial charge is 0.376 e. The number of fused-ring (bicyclic) bond motifs is 1. The van der Waals surface area contributed by atoms with Crippen molar-refractivity contribution in [3.05, 3.63) is 29.3 Å². The molecule has 3 rings (SSSR count). The lowest BCUT2D eigenvalue weighted by molar-refractivity contribution is -0.138. The first-order valence-corrected chi connectivity index (χ1v) is 7.77. The number of halogens is 3. The van der Waals surface area contributed by atoms with Gasteiger partial charge >= 0.3 is 6.18 Å². The zero-order valence-corrected chi connectivity index (χ0v) is 12.7. The van der Waals surface area contributed by atoms with E-state index in [9.17, 15) is 18.0 Å². The number of anilines is 1. The number of nitrogens with zero attached hydrogens (tertiary/aromatic N) is 1. The van der Waals surface area contributed by atoms with Crippen LogP contribution in [-0.4, -0.2) is 38.3 Å². The molecule has 1 N–H and O–H groups in total. The molecule has 126 valence electrons. The van der Waals surface area contributed by atoms with E-state index < -0.39 is 11.7 Å². The molecule has 1 saturated heterocycles. The van der Waals surface area contributed by atoms with E-state index in [0.717, 1.165) is 25.5 Å². The number of amides is 1. The van der Waals surface area contributed by atoms with E-state index in [1.165, 1.54) is 6.07 Å². The van der Waals surface area contributed by atoms with Gasteiger partial charge in [0.2, 0.25) is 5.91 Å². The molecule has 1 fully saturated rings. The largest absolute Gasteiger partial charge is 0.416 e. The monoisotopic (exact) mass is 328 g/mol. The summed E-state index contributed by atoms with van der Waals surface area (Å²) in [6.07, 6.45) is -2.06. The molecule has 1 aromatic rings. The zero-order valence-electron chi connectivity index (χ0n) is 12.7. The quantitative estimate of drug-likeness (QED) is 0.923. The van der Waals surface area contributed by atoms with Gasteiger partial charge in [-0.15, -0.1) is 0 Å². The average Bonchev–Trinajstić information content (AvgIpc) is 3.14. The molecule has 0 radical (unpaired) electrons. The number of benzene rings is 1. The van der Waals surface area contributed by atoms with Crippen molar-refractivity contribution in [3.63, 3.8) is 0 Å². The maximum atomic E-state index is 13.0. The van der Waals surface area contributed by atoms with Crippen LogP contribution in [0.2, 0.25) is 0 Å². The van der Waals surface area contributed by atoms with Crippen LogP contribution in [0.5, 0.6) is 0 Å². The van der Waals surface area contributed by atoms with Crippen molar-refractivity contribution < 1.29 is 22.7 Å². The van der Waals surface area contributed by atoms with Crippen LogP contribution >= 0.6 is 0 Å². The van der Waals surface area contributed by atoms with Crippen LogP contribution in [0.3, 0.4) is 0 Å². The van der Waals surface area contributed by atoms with Gasteiger partial charge in [-0.3, -0.25) is 4.79 Å². The number of nitrogens with one attached hydrogen (secondary N) is 1. The van der Waals surface area contributed by atoms with E-state index in [1.807, 2.05) is 0 Å². The van der Waals surface area contributed by atoms with Gasteiger partial charge < -0.3 is 15.0 Å². The summed E-state index contributed by atoms with van der Waals surface area (Å²) in [5, 5.41) is 2.80. The molecule has 23 heavy (non-hydrogen) atoms. The Bertz CT molecular complexity index is 583. The van der Waals surface area contributed by atoms with Crippen LogP contribution in [0.4, 0.5) is 18.9 Å². The van der Waals surface area contributed by atoms with Crippen molar-refractivity contribution in [1.82, 2.24) is 5.32 Å². The minimum absolute atomic E-state index is 0.0571. The van der Waals surface area contributed by atoms with Crippen LogP contribution < -0.4 is 10.2 Å². The highest BCUT2D eigenvalue weighted by atomic mass is 19.4. The van der Waals surface area contributed by atoms with Crippen LogP contribution in [0.25, 0.3) is 0 Å². The summed E-state index contributed by atoms with van der Waals surface area (Å²) in [7, 11) is 0. The third-order valence-electron chi connectivity index (χ3n) is 4.31. The first-order chi connectivity index (χ1) is 10.9. The van der Waals surface area contributed by atoms with Crippen molar-refractivity contribution in [2.45, 2.75) is 31.5 Å². The normalized spacial score (nSPS) is 20.7. The van der Waals surface area contributed by atoms with E-state index in [-0.39, 0.29) is 24.1 Å². The highest BCUT2D eigenvalue weighted by Crippen LogP contribution is 2.39. The van der Waals surface area contributed by atoms with Crippen LogP contribution in [0.1, 0.15) is 24.0 Å². The standard InChI is InChI=1S/C16H19F3N2O2/c17-16(18,19)13-4-1-5-14-12(13)6-7-21(14)10-15(22)20-9-11-3-2-8-23-11/h1,4-5,11H,2-3,6-10H2,(H,20,22). The van der Waals surface area contributed by atoms with Gasteiger partial charge in [-0.2, -0.15) is 13.2 Å². The molecule has 0 aromatic heterocycles. The summed E-state index contributed by atoms with van der Waals surface area (Å²) in [5.74, 6) is -0.189. The van der Waals surface area contributed by atoms with E-state index in [2.05, 4.69) is 5.32 Å². The molecule has 1 unspecified atom stereocenters. The predicted molar refractivity (Wildman–Crippen MR) is 79.3 cm³/mol. The number of rotatable bonds is 4. The maximum Gasteiger partial charge on any atom is 0.416 e. The van der Waals surface area contributed by atoms with E-state index in [0.29, 0.717) is 25.2 Å². The first-order valence-electron chi connectivity index (χ1n) is 7.77. The van der Waals surface area contributed by atoms with Crippen LogP contribution in [-0.2, 0) is 22.1 Å². The number of hydrogen-bond acceptors (Lipinski definition) is 3. The van der Waals surface area contributed by atoms with E-state index >= 15 is 0 Å². The van der Waals surface area contributed by atoms with Gasteiger partial charge in [0, 0.05) is 25.4 Å². The third kappa shape index (κ3) is 3.60. The predicted octanol–water partition coefficient (Wildman–Crippen LogP) is 2.36. The molecular formula is C16H19F3N2O2. The van der Waals surface area contributed by atoms with Gasteiger partial charge in [-0.25, -0.2) is 0 Å². The number of ether oxygens (including phenoxy) is 1. The topological polar surface area (TPSA) is 41.6 Å². The Labute approximate surface area is 132 Å². The minimum atomic E-state index is -4.36. The number of alkyl halides is 3. The lowest BCUT2D eigenvalue weighted by Crippen LogP contribution is -2.39. The Kier molecular flexibility index (Phi) is 4.48. The fourth-order valence-electron chi connectivity index (χ4n) is 3.19. The maximum absolute atomic E-state index is 13.0. The van der Waals surface area contributed by atoms with E-state index in [1.54, 1.807) is 11.0 Å². The highest BCUT2D eigenvalue weighted by Gasteiger charge is 2.36. The van der Waals surface area contributed by atoms with Gasteiger partial charge in [0.1, 0.15) is 0 Å². The molecule has 0 bridgehead atoms. The minimum Gasteiger partial charge on any atom is -0.376 e. The molecule has 1 atom stereocenters. The Balaban J connectivity index is 1.62. The molecule has 2 aliphatic heterocycles. The summed E-state index contributed by atoms with van der Waals surface area (Å²) >= 11 is 0. The van der Waals surface area contributed by atoms with Crippen molar-refractivity contribution in [1.29, 1.82) is 0 Å². The summed E-state index contributed by atoms with van der Waals surface area (Å²) in [4.78, 5) is 13.7.